The Labute approximate surface area is 114 Å². The van der Waals surface area contributed by atoms with Crippen LogP contribution < -0.4 is 0 Å². The molecule has 0 amide bonds. The van der Waals surface area contributed by atoms with Crippen molar-refractivity contribution in [3.63, 3.8) is 0 Å². The monoisotopic (exact) mass is 267 g/mol. The minimum absolute atomic E-state index is 0.00716. The van der Waals surface area contributed by atoms with Crippen LogP contribution in [0.4, 0.5) is 5.69 Å². The number of non-ortho nitro benzene ring substituents is 1. The summed E-state index contributed by atoms with van der Waals surface area (Å²) in [5.41, 5.74) is 9.27. The normalized spacial score (nSPS) is 9.40. The van der Waals surface area contributed by atoms with E-state index in [2.05, 4.69) is 26.9 Å². The Bertz CT molecular complexity index is 769. The molecule has 1 aromatic carbocycles. The summed E-state index contributed by atoms with van der Waals surface area (Å²) in [6, 6.07) is 6.29. The molecule has 7 heteroatoms. The maximum Gasteiger partial charge on any atom is 0.278 e. The molecule has 98 valence electrons. The van der Waals surface area contributed by atoms with Gasteiger partial charge in [-0.3, -0.25) is 15.1 Å². The smallest absolute Gasteiger partial charge is 0.258 e. The minimum Gasteiger partial charge on any atom is -0.258 e. The highest BCUT2D eigenvalue weighted by Crippen LogP contribution is 2.26. The summed E-state index contributed by atoms with van der Waals surface area (Å²) in [4.78, 5) is 17.3. The van der Waals surface area contributed by atoms with Gasteiger partial charge in [-0.15, -0.1) is 0 Å². The van der Waals surface area contributed by atoms with Crippen LogP contribution in [0.3, 0.4) is 0 Å². The fourth-order valence-corrected chi connectivity index (χ4v) is 1.73. The molecule has 0 bridgehead atoms. The zero-order valence-electron chi connectivity index (χ0n) is 10.4. The molecule has 0 aliphatic carbocycles. The zero-order valence-corrected chi connectivity index (χ0v) is 10.4. The van der Waals surface area contributed by atoms with Crippen LogP contribution in [0.2, 0.25) is 0 Å². The minimum atomic E-state index is -0.442. The number of nitro groups is 1. The van der Waals surface area contributed by atoms with Crippen molar-refractivity contribution in [3.8, 4) is 11.8 Å². The molecule has 1 aromatic heterocycles. The number of hydrogen-bond acceptors (Lipinski definition) is 4. The van der Waals surface area contributed by atoms with E-state index in [4.69, 9.17) is 5.53 Å². The zero-order chi connectivity index (χ0) is 14.4. The van der Waals surface area contributed by atoms with E-state index >= 15 is 0 Å². The van der Waals surface area contributed by atoms with Gasteiger partial charge in [0.25, 0.3) is 5.69 Å². The van der Waals surface area contributed by atoms with Crippen molar-refractivity contribution in [2.45, 2.75) is 6.42 Å². The Morgan fingerprint density at radius 2 is 2.30 bits per heavy atom. The van der Waals surface area contributed by atoms with Gasteiger partial charge in [-0.25, -0.2) is 0 Å². The number of fused-ring (bicyclic) bond motifs is 1. The first kappa shape index (κ1) is 13.3. The van der Waals surface area contributed by atoms with Crippen molar-refractivity contribution in [2.75, 3.05) is 6.54 Å². The molecule has 0 radical (unpaired) electrons. The Morgan fingerprint density at radius 3 is 3.05 bits per heavy atom. The highest BCUT2D eigenvalue weighted by molar-refractivity contribution is 5.92. The van der Waals surface area contributed by atoms with Crippen molar-refractivity contribution < 1.29 is 4.92 Å². The molecule has 0 spiro atoms. The van der Waals surface area contributed by atoms with Gasteiger partial charge in [0.15, 0.2) is 0 Å². The molecule has 0 atom stereocenters. The van der Waals surface area contributed by atoms with Gasteiger partial charge < -0.3 is 0 Å². The first-order valence-corrected chi connectivity index (χ1v) is 5.76. The lowest BCUT2D eigenvalue weighted by molar-refractivity contribution is -0.383. The molecule has 7 nitrogen and oxygen atoms in total. The molecular formula is C13H9N5O2. The van der Waals surface area contributed by atoms with Crippen molar-refractivity contribution in [1.29, 1.82) is 0 Å². The highest BCUT2D eigenvalue weighted by atomic mass is 16.6. The molecule has 1 heterocycles. The molecule has 0 fully saturated rings. The van der Waals surface area contributed by atoms with E-state index in [1.807, 2.05) is 0 Å². The van der Waals surface area contributed by atoms with Gasteiger partial charge in [0.2, 0.25) is 0 Å². The second-order valence-corrected chi connectivity index (χ2v) is 3.80. The molecule has 0 saturated carbocycles. The van der Waals surface area contributed by atoms with Gasteiger partial charge in [0.05, 0.1) is 21.4 Å². The van der Waals surface area contributed by atoms with Crippen molar-refractivity contribution >= 4 is 16.6 Å². The largest absolute Gasteiger partial charge is 0.278 e. The van der Waals surface area contributed by atoms with E-state index in [0.29, 0.717) is 29.4 Å². The second-order valence-electron chi connectivity index (χ2n) is 3.80. The lowest BCUT2D eigenvalue weighted by atomic mass is 10.1. The second kappa shape index (κ2) is 6.18. The first-order chi connectivity index (χ1) is 9.74. The topological polar surface area (TPSA) is 105 Å². The lowest BCUT2D eigenvalue weighted by Crippen LogP contribution is -1.92. The van der Waals surface area contributed by atoms with Crippen LogP contribution in [0, 0.1) is 22.0 Å². The number of pyridine rings is 1. The van der Waals surface area contributed by atoms with Crippen LogP contribution in [-0.2, 0) is 0 Å². The number of aromatic nitrogens is 1. The molecule has 0 saturated heterocycles. The number of nitrogens with zero attached hydrogens (tertiary/aromatic N) is 5. The molecule has 0 N–H and O–H groups in total. The third kappa shape index (κ3) is 2.83. The average Bonchev–Trinajstić information content (AvgIpc) is 2.46. The molecule has 2 aromatic rings. The third-order valence-electron chi connectivity index (χ3n) is 2.57. The van der Waals surface area contributed by atoms with Crippen LogP contribution >= 0.6 is 0 Å². The number of nitro benzene ring substituents is 1. The maximum atomic E-state index is 11.0. The summed E-state index contributed by atoms with van der Waals surface area (Å²) in [5.74, 6) is 5.75. The van der Waals surface area contributed by atoms with Crippen molar-refractivity contribution in [2.24, 2.45) is 5.11 Å². The predicted molar refractivity (Wildman–Crippen MR) is 73.9 cm³/mol. The predicted octanol–water partition coefficient (Wildman–Crippen LogP) is 3.19. The molecule has 0 aliphatic rings. The third-order valence-corrected chi connectivity index (χ3v) is 2.57. The lowest BCUT2D eigenvalue weighted by Gasteiger charge is -2.00. The average molecular weight is 267 g/mol. The highest BCUT2D eigenvalue weighted by Gasteiger charge is 2.13. The van der Waals surface area contributed by atoms with Crippen LogP contribution in [0.5, 0.6) is 0 Å². The van der Waals surface area contributed by atoms with Gasteiger partial charge in [-0.1, -0.05) is 17.0 Å². The molecule has 20 heavy (non-hydrogen) atoms. The summed E-state index contributed by atoms with van der Waals surface area (Å²) < 4.78 is 0. The number of benzene rings is 1. The van der Waals surface area contributed by atoms with E-state index in [1.54, 1.807) is 24.4 Å². The fraction of sp³-hybridized carbons (Fsp3) is 0.154. The summed E-state index contributed by atoms with van der Waals surface area (Å²) in [5, 5.41) is 14.8. The fourth-order valence-electron chi connectivity index (χ4n) is 1.73. The van der Waals surface area contributed by atoms with E-state index in [0.717, 1.165) is 0 Å². The SMILES string of the molecule is [N-]=[N+]=NCCC#Cc1ccc([N+](=O)[O-])c2cccnc12. The van der Waals surface area contributed by atoms with Gasteiger partial charge in [-0.2, -0.15) is 0 Å². The Balaban J connectivity index is 2.43. The van der Waals surface area contributed by atoms with Crippen molar-refractivity contribution in [3.05, 3.63) is 56.6 Å². The molecular weight excluding hydrogens is 258 g/mol. The maximum absolute atomic E-state index is 11.0. The summed E-state index contributed by atoms with van der Waals surface area (Å²) in [7, 11) is 0. The molecule has 2 rings (SSSR count). The van der Waals surface area contributed by atoms with E-state index < -0.39 is 4.92 Å². The number of rotatable bonds is 3. The summed E-state index contributed by atoms with van der Waals surface area (Å²) in [6.45, 7) is 0.293. The number of azide groups is 1. The quantitative estimate of drug-likeness (QED) is 0.162. The standard InChI is InChI=1S/C13H9N5O2/c14-17-16-9-2-1-4-10-6-7-12(18(19)20)11-5-3-8-15-13(10)11/h3,5-8H,2,9H2. The summed E-state index contributed by atoms with van der Waals surface area (Å²) >= 11 is 0. The van der Waals surface area contributed by atoms with Gasteiger partial charge in [-0.05, 0) is 23.7 Å². The van der Waals surface area contributed by atoms with E-state index in [-0.39, 0.29) is 5.69 Å². The van der Waals surface area contributed by atoms with E-state index in [9.17, 15) is 10.1 Å². The Hall–Kier alpha value is -3.10. The van der Waals surface area contributed by atoms with Crippen LogP contribution in [0.1, 0.15) is 12.0 Å². The van der Waals surface area contributed by atoms with Crippen molar-refractivity contribution in [1.82, 2.24) is 4.98 Å². The van der Waals surface area contributed by atoms with Gasteiger partial charge in [0, 0.05) is 30.1 Å². The first-order valence-electron chi connectivity index (χ1n) is 5.76. The Kier molecular flexibility index (Phi) is 4.12. The van der Waals surface area contributed by atoms with Gasteiger partial charge in [0.1, 0.15) is 0 Å². The van der Waals surface area contributed by atoms with E-state index in [1.165, 1.54) is 6.07 Å². The van der Waals surface area contributed by atoms with Crippen LogP contribution in [-0.4, -0.2) is 16.5 Å². The number of hydrogen-bond donors (Lipinski definition) is 0. The molecule has 0 aliphatic heterocycles. The summed E-state index contributed by atoms with van der Waals surface area (Å²) in [6.07, 6.45) is 1.99. The Morgan fingerprint density at radius 1 is 1.45 bits per heavy atom. The molecule has 0 unspecified atom stereocenters. The van der Waals surface area contributed by atoms with Crippen LogP contribution in [0.15, 0.2) is 35.6 Å². The van der Waals surface area contributed by atoms with Gasteiger partial charge >= 0.3 is 0 Å². The van der Waals surface area contributed by atoms with Crippen LogP contribution in [0.25, 0.3) is 21.3 Å².